The van der Waals surface area contributed by atoms with Crippen molar-refractivity contribution in [2.45, 2.75) is 6.61 Å². The molecule has 25 heavy (non-hydrogen) atoms. The van der Waals surface area contributed by atoms with Crippen LogP contribution >= 0.6 is 15.9 Å². The van der Waals surface area contributed by atoms with Crippen molar-refractivity contribution < 1.29 is 14.6 Å². The van der Waals surface area contributed by atoms with E-state index in [1.807, 2.05) is 30.3 Å². The molecule has 3 heterocycles. The van der Waals surface area contributed by atoms with Gasteiger partial charge in [0.15, 0.2) is 5.65 Å². The molecule has 0 fully saturated rings. The van der Waals surface area contributed by atoms with E-state index in [4.69, 9.17) is 4.74 Å². The molecule has 4 rings (SSSR count). The minimum Gasteiger partial charge on any atom is -0.506 e. The molecule has 0 atom stereocenters. The normalized spacial score (nSPS) is 11.1. The maximum atomic E-state index is 12.7. The van der Waals surface area contributed by atoms with Crippen molar-refractivity contribution in [3.63, 3.8) is 0 Å². The van der Waals surface area contributed by atoms with Gasteiger partial charge in [-0.15, -0.1) is 0 Å². The number of ether oxygens (including phenoxy) is 1. The van der Waals surface area contributed by atoms with Crippen molar-refractivity contribution in [3.8, 4) is 5.75 Å². The Morgan fingerprint density at radius 2 is 2.00 bits per heavy atom. The summed E-state index contributed by atoms with van der Waals surface area (Å²) in [4.78, 5) is 21.0. The van der Waals surface area contributed by atoms with Gasteiger partial charge in [0.25, 0.3) is 0 Å². The Bertz CT molecular complexity index is 1090. The van der Waals surface area contributed by atoms with E-state index in [1.54, 1.807) is 12.3 Å². The van der Waals surface area contributed by atoms with Crippen molar-refractivity contribution in [2.24, 2.45) is 0 Å². The Hall–Kier alpha value is -2.93. The van der Waals surface area contributed by atoms with Crippen molar-refractivity contribution in [2.75, 3.05) is 0 Å². The molecule has 0 unspecified atom stereocenters. The van der Waals surface area contributed by atoms with Gasteiger partial charge in [0, 0.05) is 16.1 Å². The average molecular weight is 398 g/mol. The molecule has 0 aliphatic carbocycles. The number of pyridine rings is 2. The first-order valence-electron chi connectivity index (χ1n) is 7.49. The first-order chi connectivity index (χ1) is 12.1. The van der Waals surface area contributed by atoms with Gasteiger partial charge in [-0.2, -0.15) is 0 Å². The largest absolute Gasteiger partial charge is 0.506 e. The maximum Gasteiger partial charge on any atom is 0.420 e. The van der Waals surface area contributed by atoms with Gasteiger partial charge in [-0.25, -0.2) is 14.3 Å². The molecule has 7 heteroatoms. The molecule has 0 saturated carbocycles. The van der Waals surface area contributed by atoms with Gasteiger partial charge in [0.1, 0.15) is 12.4 Å². The molecular formula is C18H12BrN3O3. The summed E-state index contributed by atoms with van der Waals surface area (Å²) in [5, 5.41) is 11.3. The number of benzene rings is 1. The number of halogens is 1. The number of nitrogens with zero attached hydrogens (tertiary/aromatic N) is 3. The van der Waals surface area contributed by atoms with Crippen LogP contribution in [0.15, 0.2) is 59.5 Å². The number of fused-ring (bicyclic) bond motifs is 3. The monoisotopic (exact) mass is 397 g/mol. The zero-order chi connectivity index (χ0) is 17.4. The van der Waals surface area contributed by atoms with Crippen LogP contribution in [0.4, 0.5) is 4.79 Å². The van der Waals surface area contributed by atoms with E-state index in [-0.39, 0.29) is 12.4 Å². The Morgan fingerprint density at radius 1 is 1.20 bits per heavy atom. The number of hydrogen-bond donors (Lipinski definition) is 1. The van der Waals surface area contributed by atoms with Crippen LogP contribution in [0.2, 0.25) is 0 Å². The number of rotatable bonds is 2. The first-order valence-corrected chi connectivity index (χ1v) is 8.28. The fourth-order valence-corrected chi connectivity index (χ4v) is 3.09. The molecule has 0 radical (unpaired) electrons. The predicted molar refractivity (Wildman–Crippen MR) is 96.4 cm³/mol. The van der Waals surface area contributed by atoms with Crippen LogP contribution in [0.1, 0.15) is 5.56 Å². The standard InChI is InChI=1S/C18H12BrN3O3/c19-12-6-13-16-14(8-20-9-15(16)23)22(17(13)21-7-12)18(24)25-10-11-4-2-1-3-5-11/h1-9,23H,10H2. The smallest absolute Gasteiger partial charge is 0.420 e. The first kappa shape index (κ1) is 15.6. The summed E-state index contributed by atoms with van der Waals surface area (Å²) in [5.74, 6) is -0.0167. The zero-order valence-electron chi connectivity index (χ0n) is 12.9. The van der Waals surface area contributed by atoms with Crippen molar-refractivity contribution in [1.29, 1.82) is 0 Å². The highest BCUT2D eigenvalue weighted by molar-refractivity contribution is 9.10. The summed E-state index contributed by atoms with van der Waals surface area (Å²) in [6.07, 6.45) is 3.86. The second kappa shape index (κ2) is 6.18. The van der Waals surface area contributed by atoms with Crippen LogP contribution < -0.4 is 0 Å². The minimum atomic E-state index is -0.578. The second-order valence-electron chi connectivity index (χ2n) is 5.45. The Balaban J connectivity index is 1.82. The van der Waals surface area contributed by atoms with E-state index >= 15 is 0 Å². The molecule has 3 aromatic heterocycles. The summed E-state index contributed by atoms with van der Waals surface area (Å²) in [7, 11) is 0. The molecule has 0 spiro atoms. The Morgan fingerprint density at radius 3 is 2.80 bits per heavy atom. The number of carbonyl (C=O) groups excluding carboxylic acids is 1. The van der Waals surface area contributed by atoms with Crippen molar-refractivity contribution in [3.05, 3.63) is 65.0 Å². The molecule has 0 amide bonds. The summed E-state index contributed by atoms with van der Waals surface area (Å²) >= 11 is 3.37. The predicted octanol–water partition coefficient (Wildman–Crippen LogP) is 4.24. The molecule has 4 aromatic rings. The molecule has 1 N–H and O–H groups in total. The van der Waals surface area contributed by atoms with E-state index in [2.05, 4.69) is 25.9 Å². The fourth-order valence-electron chi connectivity index (χ4n) is 2.76. The van der Waals surface area contributed by atoms with Crippen LogP contribution in [0.3, 0.4) is 0 Å². The Kier molecular flexibility index (Phi) is 3.85. The molecule has 6 nitrogen and oxygen atoms in total. The Labute approximate surface area is 150 Å². The van der Waals surface area contributed by atoms with Crippen LogP contribution in [0.25, 0.3) is 21.9 Å². The van der Waals surface area contributed by atoms with Crippen LogP contribution in [0, 0.1) is 0 Å². The molecule has 0 aliphatic rings. The van der Waals surface area contributed by atoms with E-state index in [0.717, 1.165) is 10.0 Å². The lowest BCUT2D eigenvalue weighted by Gasteiger charge is -2.07. The molecule has 0 saturated heterocycles. The number of aromatic nitrogens is 3. The SMILES string of the molecule is O=C(OCc1ccccc1)n1c2cncc(O)c2c2cc(Br)cnc21. The third-order valence-electron chi connectivity index (χ3n) is 3.85. The van der Waals surface area contributed by atoms with Crippen LogP contribution in [-0.2, 0) is 11.3 Å². The van der Waals surface area contributed by atoms with Gasteiger partial charge >= 0.3 is 6.09 Å². The lowest BCUT2D eigenvalue weighted by Crippen LogP contribution is -2.14. The quantitative estimate of drug-likeness (QED) is 0.547. The van der Waals surface area contributed by atoms with Gasteiger partial charge in [-0.1, -0.05) is 30.3 Å². The number of aromatic hydroxyl groups is 1. The summed E-state index contributed by atoms with van der Waals surface area (Å²) < 4.78 is 7.49. The summed E-state index contributed by atoms with van der Waals surface area (Å²) in [5.41, 5.74) is 1.73. The van der Waals surface area contributed by atoms with Gasteiger partial charge in [0.2, 0.25) is 0 Å². The highest BCUT2D eigenvalue weighted by Crippen LogP contribution is 2.34. The highest BCUT2D eigenvalue weighted by Gasteiger charge is 2.21. The summed E-state index contributed by atoms with van der Waals surface area (Å²) in [6.45, 7) is 0.142. The van der Waals surface area contributed by atoms with Crippen molar-refractivity contribution >= 4 is 44.0 Å². The lowest BCUT2D eigenvalue weighted by molar-refractivity contribution is 0.143. The summed E-state index contributed by atoms with van der Waals surface area (Å²) in [6, 6.07) is 11.2. The molecule has 124 valence electrons. The molecule has 0 aliphatic heterocycles. The van der Waals surface area contributed by atoms with Gasteiger partial charge in [-0.05, 0) is 27.6 Å². The van der Waals surface area contributed by atoms with E-state index in [1.165, 1.54) is 17.0 Å². The van der Waals surface area contributed by atoms with Crippen molar-refractivity contribution in [1.82, 2.24) is 14.5 Å². The lowest BCUT2D eigenvalue weighted by atomic mass is 10.2. The van der Waals surface area contributed by atoms with E-state index < -0.39 is 6.09 Å². The topological polar surface area (TPSA) is 77.2 Å². The van der Waals surface area contributed by atoms with Crippen LogP contribution in [0.5, 0.6) is 5.75 Å². The van der Waals surface area contributed by atoms with Gasteiger partial charge in [0.05, 0.1) is 23.3 Å². The van der Waals surface area contributed by atoms with Gasteiger partial charge in [-0.3, -0.25) is 4.98 Å². The third-order valence-corrected chi connectivity index (χ3v) is 4.28. The molecular weight excluding hydrogens is 386 g/mol. The highest BCUT2D eigenvalue weighted by atomic mass is 79.9. The second-order valence-corrected chi connectivity index (χ2v) is 6.37. The fraction of sp³-hybridized carbons (Fsp3) is 0.0556. The number of carbonyl (C=O) groups is 1. The van der Waals surface area contributed by atoms with Crippen LogP contribution in [-0.4, -0.2) is 25.7 Å². The molecule has 1 aromatic carbocycles. The molecule has 0 bridgehead atoms. The zero-order valence-corrected chi connectivity index (χ0v) is 14.5. The minimum absolute atomic E-state index is 0.0167. The third kappa shape index (κ3) is 2.72. The number of hydrogen-bond acceptors (Lipinski definition) is 5. The maximum absolute atomic E-state index is 12.7. The van der Waals surface area contributed by atoms with Gasteiger partial charge < -0.3 is 9.84 Å². The average Bonchev–Trinajstić information content (AvgIpc) is 2.95. The van der Waals surface area contributed by atoms with E-state index in [9.17, 15) is 9.90 Å². The van der Waals surface area contributed by atoms with E-state index in [0.29, 0.717) is 21.9 Å².